The Balaban J connectivity index is 1.59. The molecule has 2 saturated heterocycles. The summed E-state index contributed by atoms with van der Waals surface area (Å²) < 4.78 is 0. The Bertz CT molecular complexity index is 500. The molecule has 0 saturated carbocycles. The maximum atomic E-state index is 12.6. The summed E-state index contributed by atoms with van der Waals surface area (Å²) >= 11 is 0. The maximum absolute atomic E-state index is 12.6. The average Bonchev–Trinajstić information content (AvgIpc) is 3.11. The van der Waals surface area contributed by atoms with Gasteiger partial charge in [0.05, 0.1) is 11.9 Å². The summed E-state index contributed by atoms with van der Waals surface area (Å²) in [6, 6.07) is 0.974. The van der Waals surface area contributed by atoms with Crippen LogP contribution in [-0.2, 0) is 18.3 Å². The second-order valence-electron chi connectivity index (χ2n) is 6.22. The van der Waals surface area contributed by atoms with Crippen LogP contribution in [0.1, 0.15) is 38.3 Å². The smallest absolute Gasteiger partial charge is 0.223 e. The SMILES string of the molecule is CCC1CN2CCCC2CN1C(=O)CCc1cnn(C)n1. The molecule has 6 heteroatoms. The van der Waals surface area contributed by atoms with Gasteiger partial charge in [0.2, 0.25) is 5.91 Å². The summed E-state index contributed by atoms with van der Waals surface area (Å²) in [5, 5.41) is 8.30. The molecular formula is C15H25N5O. The van der Waals surface area contributed by atoms with E-state index in [1.54, 1.807) is 18.0 Å². The molecule has 6 nitrogen and oxygen atoms in total. The summed E-state index contributed by atoms with van der Waals surface area (Å²) in [4.78, 5) is 18.8. The van der Waals surface area contributed by atoms with E-state index in [2.05, 4.69) is 26.9 Å². The van der Waals surface area contributed by atoms with Crippen molar-refractivity contribution in [3.63, 3.8) is 0 Å². The molecule has 1 aromatic rings. The Hall–Kier alpha value is -1.43. The number of hydrogen-bond donors (Lipinski definition) is 0. The molecule has 0 bridgehead atoms. The number of rotatable bonds is 4. The van der Waals surface area contributed by atoms with Crippen LogP contribution in [0.3, 0.4) is 0 Å². The molecule has 1 amide bonds. The molecular weight excluding hydrogens is 266 g/mol. The first-order chi connectivity index (χ1) is 10.2. The quantitative estimate of drug-likeness (QED) is 0.824. The van der Waals surface area contributed by atoms with Gasteiger partial charge in [0.15, 0.2) is 0 Å². The highest BCUT2D eigenvalue weighted by Crippen LogP contribution is 2.26. The summed E-state index contributed by atoms with van der Waals surface area (Å²) in [5.41, 5.74) is 0.901. The second kappa shape index (κ2) is 6.13. The van der Waals surface area contributed by atoms with Crippen LogP contribution in [0.5, 0.6) is 0 Å². The van der Waals surface area contributed by atoms with Crippen LogP contribution in [0.4, 0.5) is 0 Å². The number of amides is 1. The molecule has 0 spiro atoms. The van der Waals surface area contributed by atoms with E-state index in [4.69, 9.17) is 0 Å². The predicted octanol–water partition coefficient (Wildman–Crippen LogP) is 0.833. The molecule has 0 N–H and O–H groups in total. The Morgan fingerprint density at radius 1 is 1.43 bits per heavy atom. The summed E-state index contributed by atoms with van der Waals surface area (Å²) in [7, 11) is 1.80. The zero-order valence-corrected chi connectivity index (χ0v) is 13.0. The molecule has 0 aliphatic carbocycles. The molecule has 3 rings (SSSR count). The molecule has 2 aliphatic rings. The van der Waals surface area contributed by atoms with Crippen molar-refractivity contribution in [2.24, 2.45) is 7.05 Å². The van der Waals surface area contributed by atoms with Gasteiger partial charge < -0.3 is 4.90 Å². The predicted molar refractivity (Wildman–Crippen MR) is 79.7 cm³/mol. The molecule has 0 aromatic carbocycles. The summed E-state index contributed by atoms with van der Waals surface area (Å²) in [6.07, 6.45) is 6.54. The molecule has 0 radical (unpaired) electrons. The van der Waals surface area contributed by atoms with Gasteiger partial charge in [-0.3, -0.25) is 9.69 Å². The zero-order valence-electron chi connectivity index (χ0n) is 13.0. The van der Waals surface area contributed by atoms with Crippen LogP contribution in [-0.4, -0.2) is 62.4 Å². The van der Waals surface area contributed by atoms with Gasteiger partial charge in [-0.1, -0.05) is 6.92 Å². The van der Waals surface area contributed by atoms with Crippen molar-refractivity contribution in [1.82, 2.24) is 24.8 Å². The lowest BCUT2D eigenvalue weighted by Gasteiger charge is -2.43. The van der Waals surface area contributed by atoms with Crippen molar-refractivity contribution in [2.45, 2.75) is 51.1 Å². The van der Waals surface area contributed by atoms with E-state index in [1.165, 1.54) is 19.4 Å². The first-order valence-electron chi connectivity index (χ1n) is 8.06. The highest BCUT2D eigenvalue weighted by molar-refractivity contribution is 5.77. The third-order valence-corrected chi connectivity index (χ3v) is 4.83. The Morgan fingerprint density at radius 2 is 2.29 bits per heavy atom. The third-order valence-electron chi connectivity index (χ3n) is 4.83. The van der Waals surface area contributed by atoms with Crippen molar-refractivity contribution in [1.29, 1.82) is 0 Å². The number of carbonyl (C=O) groups is 1. The van der Waals surface area contributed by atoms with Gasteiger partial charge in [-0.25, -0.2) is 0 Å². The number of aryl methyl sites for hydroxylation is 2. The minimum absolute atomic E-state index is 0.277. The van der Waals surface area contributed by atoms with E-state index in [0.29, 0.717) is 24.9 Å². The zero-order chi connectivity index (χ0) is 14.8. The molecule has 1 aromatic heterocycles. The normalized spacial score (nSPS) is 26.1. The highest BCUT2D eigenvalue weighted by atomic mass is 16.2. The minimum atomic E-state index is 0.277. The molecule has 116 valence electrons. The minimum Gasteiger partial charge on any atom is -0.337 e. The van der Waals surface area contributed by atoms with Crippen LogP contribution in [0.15, 0.2) is 6.20 Å². The number of hydrogen-bond acceptors (Lipinski definition) is 4. The topological polar surface area (TPSA) is 54.3 Å². The summed E-state index contributed by atoms with van der Waals surface area (Å²) in [6.45, 7) is 5.36. The Labute approximate surface area is 126 Å². The number of aromatic nitrogens is 3. The van der Waals surface area contributed by atoms with E-state index in [9.17, 15) is 4.79 Å². The average molecular weight is 291 g/mol. The van der Waals surface area contributed by atoms with E-state index in [1.807, 2.05) is 0 Å². The van der Waals surface area contributed by atoms with Crippen molar-refractivity contribution >= 4 is 5.91 Å². The third kappa shape index (κ3) is 3.10. The molecule has 3 heterocycles. The van der Waals surface area contributed by atoms with Crippen LogP contribution < -0.4 is 0 Å². The molecule has 2 unspecified atom stereocenters. The number of fused-ring (bicyclic) bond motifs is 1. The van der Waals surface area contributed by atoms with E-state index in [0.717, 1.165) is 25.2 Å². The fourth-order valence-corrected chi connectivity index (χ4v) is 3.62. The second-order valence-corrected chi connectivity index (χ2v) is 6.22. The number of carbonyl (C=O) groups excluding carboxylic acids is 1. The van der Waals surface area contributed by atoms with Crippen molar-refractivity contribution in [3.05, 3.63) is 11.9 Å². The van der Waals surface area contributed by atoms with Crippen LogP contribution in [0.2, 0.25) is 0 Å². The number of piperazine rings is 1. The lowest BCUT2D eigenvalue weighted by molar-refractivity contribution is -0.137. The lowest BCUT2D eigenvalue weighted by Crippen LogP contribution is -2.57. The Kier molecular flexibility index (Phi) is 4.24. The first kappa shape index (κ1) is 14.5. The maximum Gasteiger partial charge on any atom is 0.223 e. The standard InChI is InChI=1S/C15H25N5O/c1-3-13-10-19-8-4-5-14(19)11-20(13)15(21)7-6-12-9-16-18(2)17-12/h9,13-14H,3-8,10-11H2,1-2H3. The van der Waals surface area contributed by atoms with Gasteiger partial charge in [0.1, 0.15) is 0 Å². The van der Waals surface area contributed by atoms with E-state index < -0.39 is 0 Å². The lowest BCUT2D eigenvalue weighted by atomic mass is 10.0. The van der Waals surface area contributed by atoms with Gasteiger partial charge in [0, 0.05) is 45.1 Å². The van der Waals surface area contributed by atoms with Crippen LogP contribution in [0.25, 0.3) is 0 Å². The van der Waals surface area contributed by atoms with Crippen molar-refractivity contribution < 1.29 is 4.79 Å². The highest BCUT2D eigenvalue weighted by Gasteiger charge is 2.37. The van der Waals surface area contributed by atoms with Crippen LogP contribution >= 0.6 is 0 Å². The molecule has 2 fully saturated rings. The van der Waals surface area contributed by atoms with Crippen molar-refractivity contribution in [3.8, 4) is 0 Å². The van der Waals surface area contributed by atoms with Gasteiger partial charge in [0.25, 0.3) is 0 Å². The van der Waals surface area contributed by atoms with Crippen LogP contribution in [0, 0.1) is 0 Å². The largest absolute Gasteiger partial charge is 0.337 e. The molecule has 2 aliphatic heterocycles. The van der Waals surface area contributed by atoms with E-state index in [-0.39, 0.29) is 5.91 Å². The van der Waals surface area contributed by atoms with E-state index >= 15 is 0 Å². The number of nitrogens with zero attached hydrogens (tertiary/aromatic N) is 5. The van der Waals surface area contributed by atoms with Gasteiger partial charge >= 0.3 is 0 Å². The molecule has 2 atom stereocenters. The van der Waals surface area contributed by atoms with Gasteiger partial charge in [-0.05, 0) is 25.8 Å². The Morgan fingerprint density at radius 3 is 3.00 bits per heavy atom. The fraction of sp³-hybridized carbons (Fsp3) is 0.800. The summed E-state index contributed by atoms with van der Waals surface area (Å²) in [5.74, 6) is 0.277. The molecule has 21 heavy (non-hydrogen) atoms. The fourth-order valence-electron chi connectivity index (χ4n) is 3.62. The van der Waals surface area contributed by atoms with Gasteiger partial charge in [-0.15, -0.1) is 0 Å². The van der Waals surface area contributed by atoms with Gasteiger partial charge in [-0.2, -0.15) is 15.0 Å². The van der Waals surface area contributed by atoms with Crippen molar-refractivity contribution in [2.75, 3.05) is 19.6 Å². The first-order valence-corrected chi connectivity index (χ1v) is 8.06. The monoisotopic (exact) mass is 291 g/mol.